The van der Waals surface area contributed by atoms with Crippen molar-refractivity contribution in [2.24, 2.45) is 5.92 Å². The Hall–Kier alpha value is -1.39. The molecule has 2 atom stereocenters. The SMILES string of the molecule is COC(=O)C(CN1CCCCC1)C(O)c1ccccc1. The van der Waals surface area contributed by atoms with E-state index in [-0.39, 0.29) is 5.97 Å². The zero-order valence-electron chi connectivity index (χ0n) is 12.0. The van der Waals surface area contributed by atoms with Gasteiger partial charge in [0.1, 0.15) is 0 Å². The van der Waals surface area contributed by atoms with E-state index in [0.29, 0.717) is 6.54 Å². The van der Waals surface area contributed by atoms with Crippen LogP contribution in [0.25, 0.3) is 0 Å². The Bertz CT molecular complexity index is 415. The van der Waals surface area contributed by atoms with Crippen LogP contribution in [0.5, 0.6) is 0 Å². The smallest absolute Gasteiger partial charge is 0.312 e. The Morgan fingerprint density at radius 3 is 2.50 bits per heavy atom. The number of hydrogen-bond acceptors (Lipinski definition) is 4. The van der Waals surface area contributed by atoms with E-state index >= 15 is 0 Å². The van der Waals surface area contributed by atoms with Crippen LogP contribution < -0.4 is 0 Å². The molecule has 1 N–H and O–H groups in total. The number of carbonyl (C=O) groups excluding carboxylic acids is 1. The third kappa shape index (κ3) is 3.81. The van der Waals surface area contributed by atoms with Gasteiger partial charge in [-0.25, -0.2) is 0 Å². The summed E-state index contributed by atoms with van der Waals surface area (Å²) in [5.74, 6) is -0.868. The van der Waals surface area contributed by atoms with Gasteiger partial charge >= 0.3 is 5.97 Å². The Balaban J connectivity index is 2.08. The van der Waals surface area contributed by atoms with Gasteiger partial charge in [-0.15, -0.1) is 0 Å². The molecular formula is C16H23NO3. The fourth-order valence-corrected chi connectivity index (χ4v) is 2.76. The Morgan fingerprint density at radius 2 is 1.90 bits per heavy atom. The van der Waals surface area contributed by atoms with Gasteiger partial charge in [-0.1, -0.05) is 36.8 Å². The molecular weight excluding hydrogens is 254 g/mol. The van der Waals surface area contributed by atoms with Gasteiger partial charge in [0, 0.05) is 6.54 Å². The number of likely N-dealkylation sites (tertiary alicyclic amines) is 1. The predicted octanol–water partition coefficient (Wildman–Crippen LogP) is 2.00. The molecule has 1 heterocycles. The molecule has 0 aliphatic carbocycles. The lowest BCUT2D eigenvalue weighted by Gasteiger charge is -2.31. The van der Waals surface area contributed by atoms with Gasteiger partial charge in [-0.2, -0.15) is 0 Å². The van der Waals surface area contributed by atoms with E-state index in [0.717, 1.165) is 31.5 Å². The average molecular weight is 277 g/mol. The molecule has 1 saturated heterocycles. The zero-order chi connectivity index (χ0) is 14.4. The number of aliphatic hydroxyl groups excluding tert-OH is 1. The van der Waals surface area contributed by atoms with Crippen molar-refractivity contribution in [2.75, 3.05) is 26.7 Å². The topological polar surface area (TPSA) is 49.8 Å². The first-order valence-electron chi connectivity index (χ1n) is 7.25. The fourth-order valence-electron chi connectivity index (χ4n) is 2.76. The molecule has 1 aliphatic rings. The molecule has 4 nitrogen and oxygen atoms in total. The third-order valence-electron chi connectivity index (χ3n) is 3.93. The molecule has 0 bridgehead atoms. The number of rotatable bonds is 5. The van der Waals surface area contributed by atoms with E-state index in [4.69, 9.17) is 4.74 Å². The first-order chi connectivity index (χ1) is 9.72. The summed E-state index contributed by atoms with van der Waals surface area (Å²) in [6, 6.07) is 9.32. The van der Waals surface area contributed by atoms with Crippen LogP contribution in [0, 0.1) is 5.92 Å². The molecule has 1 aromatic carbocycles. The van der Waals surface area contributed by atoms with Crippen LogP contribution in [0.1, 0.15) is 30.9 Å². The number of hydrogen-bond donors (Lipinski definition) is 1. The Kier molecular flexibility index (Phi) is 5.56. The number of aliphatic hydroxyl groups is 1. The van der Waals surface area contributed by atoms with Crippen LogP contribution in [0.2, 0.25) is 0 Å². The van der Waals surface area contributed by atoms with Crippen LogP contribution in [0.4, 0.5) is 0 Å². The molecule has 4 heteroatoms. The standard InChI is InChI=1S/C16H23NO3/c1-20-16(19)14(12-17-10-6-3-7-11-17)15(18)13-8-4-2-5-9-13/h2,4-5,8-9,14-15,18H,3,6-7,10-12H2,1H3. The molecule has 1 fully saturated rings. The molecule has 0 saturated carbocycles. The Morgan fingerprint density at radius 1 is 1.25 bits per heavy atom. The van der Waals surface area contributed by atoms with E-state index in [9.17, 15) is 9.90 Å². The molecule has 2 unspecified atom stereocenters. The highest BCUT2D eigenvalue weighted by Crippen LogP contribution is 2.25. The zero-order valence-corrected chi connectivity index (χ0v) is 12.0. The van der Waals surface area contributed by atoms with Gasteiger partial charge in [0.2, 0.25) is 0 Å². The first kappa shape index (κ1) is 15.0. The Labute approximate surface area is 120 Å². The van der Waals surface area contributed by atoms with E-state index < -0.39 is 12.0 Å². The van der Waals surface area contributed by atoms with Gasteiger partial charge in [0.25, 0.3) is 0 Å². The van der Waals surface area contributed by atoms with Crippen molar-refractivity contribution >= 4 is 5.97 Å². The maximum Gasteiger partial charge on any atom is 0.312 e. The second-order valence-corrected chi connectivity index (χ2v) is 5.35. The van der Waals surface area contributed by atoms with Crippen LogP contribution in [0.15, 0.2) is 30.3 Å². The van der Waals surface area contributed by atoms with E-state index in [1.54, 1.807) is 0 Å². The lowest BCUT2D eigenvalue weighted by molar-refractivity contribution is -0.150. The molecule has 110 valence electrons. The second kappa shape index (κ2) is 7.41. The highest BCUT2D eigenvalue weighted by molar-refractivity contribution is 5.73. The lowest BCUT2D eigenvalue weighted by Crippen LogP contribution is -2.39. The van der Waals surface area contributed by atoms with Crippen molar-refractivity contribution in [2.45, 2.75) is 25.4 Å². The number of methoxy groups -OCH3 is 1. The summed E-state index contributed by atoms with van der Waals surface area (Å²) in [6.07, 6.45) is 2.76. The van der Waals surface area contributed by atoms with Gasteiger partial charge < -0.3 is 14.7 Å². The van der Waals surface area contributed by atoms with Crippen LogP contribution in [0.3, 0.4) is 0 Å². The van der Waals surface area contributed by atoms with Crippen molar-refractivity contribution in [3.8, 4) is 0 Å². The summed E-state index contributed by atoms with van der Waals surface area (Å²) in [7, 11) is 1.38. The summed E-state index contributed by atoms with van der Waals surface area (Å²) >= 11 is 0. The maximum absolute atomic E-state index is 12.0. The van der Waals surface area contributed by atoms with Crippen molar-refractivity contribution in [3.05, 3.63) is 35.9 Å². The summed E-state index contributed by atoms with van der Waals surface area (Å²) in [5, 5.41) is 10.5. The van der Waals surface area contributed by atoms with Crippen molar-refractivity contribution in [3.63, 3.8) is 0 Å². The predicted molar refractivity (Wildman–Crippen MR) is 77.2 cm³/mol. The molecule has 0 spiro atoms. The van der Waals surface area contributed by atoms with Crippen molar-refractivity contribution < 1.29 is 14.6 Å². The normalized spacial score (nSPS) is 19.3. The molecule has 2 rings (SSSR count). The van der Waals surface area contributed by atoms with Crippen molar-refractivity contribution in [1.82, 2.24) is 4.90 Å². The number of nitrogens with zero attached hydrogens (tertiary/aromatic N) is 1. The van der Waals surface area contributed by atoms with Gasteiger partial charge in [-0.05, 0) is 31.5 Å². The second-order valence-electron chi connectivity index (χ2n) is 5.35. The average Bonchev–Trinajstić information content (AvgIpc) is 2.53. The van der Waals surface area contributed by atoms with Crippen molar-refractivity contribution in [1.29, 1.82) is 0 Å². The molecule has 0 amide bonds. The van der Waals surface area contributed by atoms with E-state index in [1.807, 2.05) is 30.3 Å². The monoisotopic (exact) mass is 277 g/mol. The molecule has 1 aliphatic heterocycles. The van der Waals surface area contributed by atoms with Gasteiger partial charge in [0.15, 0.2) is 0 Å². The number of benzene rings is 1. The van der Waals surface area contributed by atoms with Gasteiger partial charge in [0.05, 0.1) is 19.1 Å². The maximum atomic E-state index is 12.0. The fraction of sp³-hybridized carbons (Fsp3) is 0.562. The minimum atomic E-state index is -0.814. The summed E-state index contributed by atoms with van der Waals surface area (Å²) in [4.78, 5) is 14.2. The number of carbonyl (C=O) groups is 1. The molecule has 1 aromatic rings. The number of esters is 1. The highest BCUT2D eigenvalue weighted by atomic mass is 16.5. The summed E-state index contributed by atoms with van der Waals surface area (Å²) in [6.45, 7) is 2.55. The van der Waals surface area contributed by atoms with Gasteiger partial charge in [-0.3, -0.25) is 4.79 Å². The minimum Gasteiger partial charge on any atom is -0.469 e. The van der Waals surface area contributed by atoms with Crippen LogP contribution >= 0.6 is 0 Å². The van der Waals surface area contributed by atoms with Crippen LogP contribution in [-0.2, 0) is 9.53 Å². The quantitative estimate of drug-likeness (QED) is 0.836. The lowest BCUT2D eigenvalue weighted by atomic mass is 9.94. The minimum absolute atomic E-state index is 0.341. The molecule has 20 heavy (non-hydrogen) atoms. The molecule has 0 radical (unpaired) electrons. The molecule has 0 aromatic heterocycles. The summed E-state index contributed by atoms with van der Waals surface area (Å²) in [5.41, 5.74) is 0.764. The first-order valence-corrected chi connectivity index (χ1v) is 7.25. The number of ether oxygens (including phenoxy) is 1. The largest absolute Gasteiger partial charge is 0.469 e. The third-order valence-corrected chi connectivity index (χ3v) is 3.93. The summed E-state index contributed by atoms with van der Waals surface area (Å²) < 4.78 is 4.87. The van der Waals surface area contributed by atoms with E-state index in [1.165, 1.54) is 13.5 Å². The highest BCUT2D eigenvalue weighted by Gasteiger charge is 2.31. The number of piperidine rings is 1. The van der Waals surface area contributed by atoms with E-state index in [2.05, 4.69) is 4.90 Å². The van der Waals surface area contributed by atoms with Crippen LogP contribution in [-0.4, -0.2) is 42.7 Å².